The van der Waals surface area contributed by atoms with E-state index in [-0.39, 0.29) is 32.2 Å². The third kappa shape index (κ3) is 5.10. The van der Waals surface area contributed by atoms with E-state index in [0.29, 0.717) is 18.7 Å². The van der Waals surface area contributed by atoms with Crippen LogP contribution in [0.3, 0.4) is 0 Å². The lowest BCUT2D eigenvalue weighted by molar-refractivity contribution is -0.187. The number of aliphatic hydroxyl groups is 1. The Morgan fingerprint density at radius 2 is 2.03 bits per heavy atom. The van der Waals surface area contributed by atoms with Gasteiger partial charge in [0.05, 0.1) is 25.1 Å². The molecule has 0 aromatic carbocycles. The van der Waals surface area contributed by atoms with E-state index in [4.69, 9.17) is 10.1 Å². The van der Waals surface area contributed by atoms with E-state index in [1.54, 1.807) is 6.20 Å². The predicted molar refractivity (Wildman–Crippen MR) is 111 cm³/mol. The van der Waals surface area contributed by atoms with Crippen LogP contribution in [0.25, 0.3) is 0 Å². The molecule has 0 aromatic rings. The molecule has 0 bridgehead atoms. The highest BCUT2D eigenvalue weighted by atomic mass is 19.3. The Bertz CT molecular complexity index is 758. The standard InChI is InChI=1S/C21H30F4N4O2/c1-13-2-7-19(29-9-13)31-15-4-6-18(28-10-15)21(24,25)20(30,11-27-12-26)16-5-3-14(22)8-17(16)23/h9,12,14-17,30H,2-8,10-11H2,1H3,(H2,26,27). The van der Waals surface area contributed by atoms with E-state index in [2.05, 4.69) is 15.3 Å². The van der Waals surface area contributed by atoms with Crippen molar-refractivity contribution in [3.8, 4) is 0 Å². The van der Waals surface area contributed by atoms with Gasteiger partial charge >= 0.3 is 5.92 Å². The summed E-state index contributed by atoms with van der Waals surface area (Å²) in [6, 6.07) is 0. The maximum atomic E-state index is 15.5. The fourth-order valence-electron chi connectivity index (χ4n) is 4.47. The molecule has 2 heterocycles. The number of alkyl halides is 4. The maximum Gasteiger partial charge on any atom is 0.315 e. The molecule has 5 atom stereocenters. The molecule has 3 aliphatic rings. The molecular formula is C21H30F4N4O2. The molecule has 1 aliphatic carbocycles. The van der Waals surface area contributed by atoms with Crippen molar-refractivity contribution in [2.75, 3.05) is 13.1 Å². The Morgan fingerprint density at radius 1 is 1.26 bits per heavy atom. The van der Waals surface area contributed by atoms with Gasteiger partial charge < -0.3 is 15.2 Å². The molecule has 1 fully saturated rings. The highest BCUT2D eigenvalue weighted by molar-refractivity contribution is 5.93. The second kappa shape index (κ2) is 9.67. The van der Waals surface area contributed by atoms with Crippen molar-refractivity contribution < 1.29 is 27.4 Å². The number of rotatable bonds is 7. The summed E-state index contributed by atoms with van der Waals surface area (Å²) in [7, 11) is 0. The monoisotopic (exact) mass is 446 g/mol. The second-order valence-corrected chi connectivity index (χ2v) is 8.62. The van der Waals surface area contributed by atoms with Crippen LogP contribution in [0.2, 0.25) is 0 Å². The van der Waals surface area contributed by atoms with Crippen LogP contribution in [0.15, 0.2) is 21.8 Å². The normalized spacial score (nSPS) is 31.6. The van der Waals surface area contributed by atoms with Gasteiger partial charge in [-0.2, -0.15) is 8.78 Å². The number of hydrogen-bond acceptors (Lipinski definition) is 5. The van der Waals surface area contributed by atoms with Crippen molar-refractivity contribution in [3.63, 3.8) is 0 Å². The molecule has 10 heteroatoms. The number of allylic oxidation sites excluding steroid dienone is 1. The van der Waals surface area contributed by atoms with E-state index in [9.17, 15) is 13.9 Å². The van der Waals surface area contributed by atoms with Gasteiger partial charge in [0, 0.05) is 25.0 Å². The van der Waals surface area contributed by atoms with Crippen LogP contribution in [-0.2, 0) is 4.74 Å². The summed E-state index contributed by atoms with van der Waals surface area (Å²) in [4.78, 5) is 8.22. The first-order valence-corrected chi connectivity index (χ1v) is 10.7. The van der Waals surface area contributed by atoms with Gasteiger partial charge in [-0.3, -0.25) is 10.4 Å². The molecule has 0 saturated heterocycles. The average molecular weight is 446 g/mol. The topological polar surface area (TPSA) is 90.1 Å². The van der Waals surface area contributed by atoms with E-state index in [0.717, 1.165) is 12.0 Å². The fourth-order valence-corrected chi connectivity index (χ4v) is 4.47. The largest absolute Gasteiger partial charge is 0.475 e. The Balaban J connectivity index is 1.75. The number of aliphatic imine (C=N–C) groups is 2. The average Bonchev–Trinajstić information content (AvgIpc) is 2.74. The fraction of sp³-hybridized carbons (Fsp3) is 0.762. The van der Waals surface area contributed by atoms with Crippen LogP contribution in [0.4, 0.5) is 17.6 Å². The Hall–Kier alpha value is -1.97. The lowest BCUT2D eigenvalue weighted by Gasteiger charge is -2.45. The van der Waals surface area contributed by atoms with Gasteiger partial charge in [-0.05, 0) is 39.0 Å². The molecule has 3 N–H and O–H groups in total. The van der Waals surface area contributed by atoms with Crippen LogP contribution in [0.1, 0.15) is 51.9 Å². The Kier molecular flexibility index (Phi) is 7.39. The molecular weight excluding hydrogens is 416 g/mol. The molecule has 5 unspecified atom stereocenters. The summed E-state index contributed by atoms with van der Waals surface area (Å²) in [6.45, 7) is 1.22. The number of halogens is 4. The van der Waals surface area contributed by atoms with Crippen molar-refractivity contribution in [2.45, 2.75) is 81.8 Å². The zero-order valence-electron chi connectivity index (χ0n) is 17.6. The van der Waals surface area contributed by atoms with Crippen molar-refractivity contribution in [2.24, 2.45) is 15.9 Å². The summed E-state index contributed by atoms with van der Waals surface area (Å²) in [5, 5.41) is 20.4. The molecule has 31 heavy (non-hydrogen) atoms. The number of nitrogens with one attached hydrogen (secondary N) is 2. The first kappa shape index (κ1) is 23.7. The first-order chi connectivity index (χ1) is 14.7. The van der Waals surface area contributed by atoms with Crippen molar-refractivity contribution in [1.29, 1.82) is 5.41 Å². The first-order valence-electron chi connectivity index (χ1n) is 10.7. The second-order valence-electron chi connectivity index (χ2n) is 8.62. The molecule has 0 amide bonds. The molecule has 2 aliphatic heterocycles. The van der Waals surface area contributed by atoms with Crippen LogP contribution in [0.5, 0.6) is 0 Å². The molecule has 174 valence electrons. The lowest BCUT2D eigenvalue weighted by Crippen LogP contribution is -2.65. The Labute approximate surface area is 179 Å². The maximum absolute atomic E-state index is 15.5. The van der Waals surface area contributed by atoms with Gasteiger partial charge in [0.1, 0.15) is 18.4 Å². The molecule has 0 spiro atoms. The van der Waals surface area contributed by atoms with Gasteiger partial charge in [-0.15, -0.1) is 0 Å². The van der Waals surface area contributed by atoms with E-state index >= 15 is 8.78 Å². The summed E-state index contributed by atoms with van der Waals surface area (Å²) in [6.07, 6.45) is -0.524. The predicted octanol–water partition coefficient (Wildman–Crippen LogP) is 3.74. The third-order valence-electron chi connectivity index (χ3n) is 6.36. The molecule has 0 radical (unpaired) electrons. The van der Waals surface area contributed by atoms with E-state index in [1.165, 1.54) is 0 Å². The molecule has 6 nitrogen and oxygen atoms in total. The molecule has 0 aromatic heterocycles. The summed E-state index contributed by atoms with van der Waals surface area (Å²) in [5.41, 5.74) is -2.20. The number of nitrogens with zero attached hydrogens (tertiary/aromatic N) is 2. The minimum absolute atomic E-state index is 0.0169. The number of ether oxygens (including phenoxy) is 1. The zero-order chi connectivity index (χ0) is 22.6. The minimum atomic E-state index is -3.84. The summed E-state index contributed by atoms with van der Waals surface area (Å²) >= 11 is 0. The summed E-state index contributed by atoms with van der Waals surface area (Å²) < 4.78 is 65.0. The summed E-state index contributed by atoms with van der Waals surface area (Å²) in [5.74, 6) is -4.75. The highest BCUT2D eigenvalue weighted by Gasteiger charge is 2.62. The Morgan fingerprint density at radius 3 is 2.61 bits per heavy atom. The lowest BCUT2D eigenvalue weighted by atomic mass is 9.70. The van der Waals surface area contributed by atoms with E-state index in [1.807, 2.05) is 6.92 Å². The third-order valence-corrected chi connectivity index (χ3v) is 6.36. The van der Waals surface area contributed by atoms with Crippen LogP contribution in [0, 0.1) is 11.3 Å². The zero-order valence-corrected chi connectivity index (χ0v) is 17.6. The van der Waals surface area contributed by atoms with Gasteiger partial charge in [0.2, 0.25) is 0 Å². The van der Waals surface area contributed by atoms with Crippen LogP contribution < -0.4 is 5.32 Å². The molecule has 3 rings (SSSR count). The van der Waals surface area contributed by atoms with Crippen LogP contribution >= 0.6 is 0 Å². The van der Waals surface area contributed by atoms with Gasteiger partial charge in [-0.1, -0.05) is 5.57 Å². The van der Waals surface area contributed by atoms with Gasteiger partial charge in [-0.25, -0.2) is 13.8 Å². The van der Waals surface area contributed by atoms with Gasteiger partial charge in [0.25, 0.3) is 0 Å². The SMILES string of the molecule is CC1=CN=C(OC2CCC(C(F)(F)C(O)(CNC=N)C3CCC(F)CC3F)=NC2)CC1. The van der Waals surface area contributed by atoms with Crippen molar-refractivity contribution in [3.05, 3.63) is 11.8 Å². The van der Waals surface area contributed by atoms with Crippen LogP contribution in [-0.4, -0.2) is 66.1 Å². The van der Waals surface area contributed by atoms with E-state index < -0.39 is 54.6 Å². The highest BCUT2D eigenvalue weighted by Crippen LogP contribution is 2.45. The van der Waals surface area contributed by atoms with Crippen molar-refractivity contribution >= 4 is 17.9 Å². The van der Waals surface area contributed by atoms with Crippen molar-refractivity contribution in [1.82, 2.24) is 5.32 Å². The number of hydrogen-bond donors (Lipinski definition) is 3. The smallest absolute Gasteiger partial charge is 0.315 e. The van der Waals surface area contributed by atoms with Gasteiger partial charge in [0.15, 0.2) is 11.5 Å². The quantitative estimate of drug-likeness (QED) is 0.316. The minimum Gasteiger partial charge on any atom is -0.475 e. The molecule has 1 saturated carbocycles.